The number of amides is 1. The maximum Gasteiger partial charge on any atom is 0.282 e. The van der Waals surface area contributed by atoms with Crippen molar-refractivity contribution in [1.29, 1.82) is 0 Å². The smallest absolute Gasteiger partial charge is 0.282 e. The van der Waals surface area contributed by atoms with Crippen molar-refractivity contribution in [3.8, 4) is 5.75 Å². The number of fused-ring (bicyclic) bond motifs is 1. The van der Waals surface area contributed by atoms with Gasteiger partial charge in [-0.25, -0.2) is 4.98 Å². The number of nitrogens with zero attached hydrogens (tertiary/aromatic N) is 2. The number of aromatic amines is 1. The molecule has 2 aromatic rings. The summed E-state index contributed by atoms with van der Waals surface area (Å²) in [7, 11) is 0. The van der Waals surface area contributed by atoms with Crippen molar-refractivity contribution in [2.45, 2.75) is 33.2 Å². The van der Waals surface area contributed by atoms with Crippen LogP contribution in [0.1, 0.15) is 33.3 Å². The standard InChI is InChI=1S/C25H32N4O2/c1-5-31-20-9-10-22-21(16-20)19(2)17-25(3,4)29(22)24(30)18-27-12-14-28(15-13-27)23-8-6-7-11-26-23/h6-11,16-17H,5,12-15,18H2,1-4H3/p+2. The first kappa shape index (κ1) is 21.4. The van der Waals surface area contributed by atoms with Gasteiger partial charge < -0.3 is 9.64 Å². The van der Waals surface area contributed by atoms with Crippen molar-refractivity contribution in [2.24, 2.45) is 0 Å². The van der Waals surface area contributed by atoms with Gasteiger partial charge in [0.25, 0.3) is 11.7 Å². The second-order valence-corrected chi connectivity index (χ2v) is 8.98. The number of hydrogen-bond acceptors (Lipinski definition) is 3. The Morgan fingerprint density at radius 2 is 1.97 bits per heavy atom. The van der Waals surface area contributed by atoms with Crippen LogP contribution in [0.15, 0.2) is 48.7 Å². The van der Waals surface area contributed by atoms with E-state index >= 15 is 0 Å². The number of piperazine rings is 1. The largest absolute Gasteiger partial charge is 0.494 e. The van der Waals surface area contributed by atoms with Gasteiger partial charge in [0.2, 0.25) is 0 Å². The third-order valence-corrected chi connectivity index (χ3v) is 6.25. The highest BCUT2D eigenvalue weighted by Crippen LogP contribution is 2.40. The molecular weight excluding hydrogens is 388 g/mol. The first-order valence-corrected chi connectivity index (χ1v) is 11.2. The van der Waals surface area contributed by atoms with Crippen LogP contribution in [0.25, 0.3) is 5.57 Å². The maximum atomic E-state index is 13.5. The van der Waals surface area contributed by atoms with Gasteiger partial charge in [-0.1, -0.05) is 12.1 Å². The fraction of sp³-hybridized carbons (Fsp3) is 0.440. The summed E-state index contributed by atoms with van der Waals surface area (Å²) in [6.07, 6.45) is 4.15. The summed E-state index contributed by atoms with van der Waals surface area (Å²) in [5.74, 6) is 2.17. The summed E-state index contributed by atoms with van der Waals surface area (Å²) in [6.45, 7) is 13.3. The Balaban J connectivity index is 1.48. The number of ether oxygens (including phenoxy) is 1. The molecule has 0 saturated carbocycles. The predicted molar refractivity (Wildman–Crippen MR) is 124 cm³/mol. The molecular formula is C25H34N4O2+2. The lowest BCUT2D eigenvalue weighted by atomic mass is 9.88. The zero-order valence-corrected chi connectivity index (χ0v) is 19.1. The van der Waals surface area contributed by atoms with Crippen LogP contribution in [0.5, 0.6) is 5.75 Å². The van der Waals surface area contributed by atoms with Gasteiger partial charge in [-0.2, -0.15) is 0 Å². The van der Waals surface area contributed by atoms with Gasteiger partial charge in [-0.05, 0) is 57.5 Å². The quantitative estimate of drug-likeness (QED) is 0.800. The van der Waals surface area contributed by atoms with E-state index in [2.05, 4.69) is 54.9 Å². The molecule has 0 unspecified atom stereocenters. The topological polar surface area (TPSA) is 51.4 Å². The van der Waals surface area contributed by atoms with Gasteiger partial charge in [-0.15, -0.1) is 0 Å². The molecule has 1 amide bonds. The molecule has 3 heterocycles. The van der Waals surface area contributed by atoms with E-state index in [1.54, 1.807) is 0 Å². The first-order valence-electron chi connectivity index (χ1n) is 11.2. The number of hydrogen-bond donors (Lipinski definition) is 1. The molecule has 2 N–H and O–H groups in total. The minimum absolute atomic E-state index is 0.175. The van der Waals surface area contributed by atoms with Gasteiger partial charge in [0, 0.05) is 11.6 Å². The third kappa shape index (κ3) is 4.44. The van der Waals surface area contributed by atoms with Crippen molar-refractivity contribution in [1.82, 2.24) is 0 Å². The highest BCUT2D eigenvalue weighted by molar-refractivity contribution is 6.01. The molecule has 0 spiro atoms. The molecule has 2 aliphatic rings. The van der Waals surface area contributed by atoms with Crippen molar-refractivity contribution in [3.05, 3.63) is 54.2 Å². The summed E-state index contributed by atoms with van der Waals surface area (Å²) >= 11 is 0. The van der Waals surface area contributed by atoms with E-state index in [0.29, 0.717) is 13.2 Å². The van der Waals surface area contributed by atoms with Crippen molar-refractivity contribution in [2.75, 3.05) is 49.1 Å². The Morgan fingerprint density at radius 3 is 2.65 bits per heavy atom. The number of anilines is 2. The SMILES string of the molecule is CCOc1ccc2c(c1)C(C)=CC(C)(C)N2C(=O)C[NH+]1CCN(c2cccc[nH+]2)CC1. The number of pyridine rings is 1. The molecule has 4 rings (SSSR count). The number of carbonyl (C=O) groups excluding carboxylic acids is 1. The minimum atomic E-state index is -0.360. The van der Waals surface area contributed by atoms with E-state index in [1.165, 1.54) is 10.5 Å². The minimum Gasteiger partial charge on any atom is -0.494 e. The van der Waals surface area contributed by atoms with E-state index in [1.807, 2.05) is 36.2 Å². The first-order chi connectivity index (χ1) is 14.9. The lowest BCUT2D eigenvalue weighted by Crippen LogP contribution is -3.16. The van der Waals surface area contributed by atoms with Crippen molar-refractivity contribution < 1.29 is 19.4 Å². The van der Waals surface area contributed by atoms with Crippen LogP contribution in [-0.2, 0) is 4.79 Å². The summed E-state index contributed by atoms with van der Waals surface area (Å²) in [5.41, 5.74) is 2.89. The Hall–Kier alpha value is -2.86. The van der Waals surface area contributed by atoms with Crippen LogP contribution in [0, 0.1) is 0 Å². The number of benzene rings is 1. The fourth-order valence-corrected chi connectivity index (χ4v) is 4.83. The molecule has 0 aliphatic carbocycles. The van der Waals surface area contributed by atoms with Crippen LogP contribution in [0.2, 0.25) is 0 Å². The normalized spacial score (nSPS) is 18.4. The Labute approximate surface area is 185 Å². The summed E-state index contributed by atoms with van der Waals surface area (Å²) in [6, 6.07) is 12.2. The molecule has 1 aromatic carbocycles. The molecule has 1 aromatic heterocycles. The van der Waals surface area contributed by atoms with E-state index in [-0.39, 0.29) is 11.4 Å². The van der Waals surface area contributed by atoms with E-state index < -0.39 is 0 Å². The number of rotatable bonds is 5. The molecule has 2 aliphatic heterocycles. The molecule has 0 bridgehead atoms. The Morgan fingerprint density at radius 1 is 1.19 bits per heavy atom. The lowest BCUT2D eigenvalue weighted by molar-refractivity contribution is -0.892. The lowest BCUT2D eigenvalue weighted by Gasteiger charge is -2.42. The average molecular weight is 423 g/mol. The van der Waals surface area contributed by atoms with Crippen LogP contribution in [0.3, 0.4) is 0 Å². The van der Waals surface area contributed by atoms with Gasteiger partial charge in [0.1, 0.15) is 31.9 Å². The van der Waals surface area contributed by atoms with Crippen molar-refractivity contribution in [3.63, 3.8) is 0 Å². The number of allylic oxidation sites excluding steroid dienone is 1. The van der Waals surface area contributed by atoms with Crippen LogP contribution in [-0.4, -0.2) is 50.8 Å². The predicted octanol–water partition coefficient (Wildman–Crippen LogP) is 1.83. The number of aromatic nitrogens is 1. The Kier molecular flexibility index (Phi) is 6.01. The molecule has 0 radical (unpaired) electrons. The maximum absolute atomic E-state index is 13.5. The molecule has 0 atom stereocenters. The van der Waals surface area contributed by atoms with Crippen molar-refractivity contribution >= 4 is 23.0 Å². The Bertz CT molecular complexity index is 963. The monoisotopic (exact) mass is 422 g/mol. The molecule has 31 heavy (non-hydrogen) atoms. The summed E-state index contributed by atoms with van der Waals surface area (Å²) < 4.78 is 5.69. The zero-order valence-electron chi connectivity index (χ0n) is 19.1. The average Bonchev–Trinajstić information content (AvgIpc) is 2.75. The number of nitrogens with one attached hydrogen (secondary N) is 2. The highest BCUT2D eigenvalue weighted by Gasteiger charge is 2.38. The molecule has 1 fully saturated rings. The fourth-order valence-electron chi connectivity index (χ4n) is 4.83. The summed E-state index contributed by atoms with van der Waals surface area (Å²) in [5, 5.41) is 0. The van der Waals surface area contributed by atoms with Crippen LogP contribution >= 0.6 is 0 Å². The van der Waals surface area contributed by atoms with E-state index in [4.69, 9.17) is 4.74 Å². The van der Waals surface area contributed by atoms with Gasteiger partial charge >= 0.3 is 0 Å². The van der Waals surface area contributed by atoms with Gasteiger partial charge in [0.15, 0.2) is 6.54 Å². The second-order valence-electron chi connectivity index (χ2n) is 8.98. The van der Waals surface area contributed by atoms with Crippen LogP contribution in [0.4, 0.5) is 11.5 Å². The second kappa shape index (κ2) is 8.71. The van der Waals surface area contributed by atoms with Gasteiger partial charge in [0.05, 0.1) is 24.0 Å². The molecule has 6 heteroatoms. The van der Waals surface area contributed by atoms with E-state index in [9.17, 15) is 4.79 Å². The van der Waals surface area contributed by atoms with Crippen LogP contribution < -0.4 is 24.4 Å². The molecule has 6 nitrogen and oxygen atoms in total. The number of quaternary nitrogens is 1. The zero-order chi connectivity index (χ0) is 22.0. The number of carbonyl (C=O) groups is 1. The highest BCUT2D eigenvalue weighted by atomic mass is 16.5. The summed E-state index contributed by atoms with van der Waals surface area (Å²) in [4.78, 5) is 22.5. The molecule has 164 valence electrons. The third-order valence-electron chi connectivity index (χ3n) is 6.25. The number of H-pyrrole nitrogens is 1. The molecule has 1 saturated heterocycles. The van der Waals surface area contributed by atoms with E-state index in [0.717, 1.165) is 49.0 Å². The van der Waals surface area contributed by atoms with Gasteiger partial charge in [-0.3, -0.25) is 14.6 Å².